The lowest BCUT2D eigenvalue weighted by Crippen LogP contribution is -2.55. The molecule has 1 aromatic heterocycles. The molecule has 248 valence electrons. The second-order valence-corrected chi connectivity index (χ2v) is 11.8. The lowest BCUT2D eigenvalue weighted by atomic mass is 9.97. The van der Waals surface area contributed by atoms with E-state index in [4.69, 9.17) is 20.6 Å². The second kappa shape index (κ2) is 17.6. The topological polar surface area (TPSA) is 136 Å². The highest BCUT2D eigenvalue weighted by Crippen LogP contribution is 2.26. The molecule has 1 saturated heterocycles. The summed E-state index contributed by atoms with van der Waals surface area (Å²) in [5, 5.41) is 6.63. The smallest absolute Gasteiger partial charge is 0.322 e. The van der Waals surface area contributed by atoms with Gasteiger partial charge in [0, 0.05) is 51.0 Å². The van der Waals surface area contributed by atoms with E-state index in [1.165, 1.54) is 0 Å². The average molecular weight is 632 g/mol. The summed E-state index contributed by atoms with van der Waals surface area (Å²) in [5.74, 6) is 1.22. The Bertz CT molecular complexity index is 1430. The van der Waals surface area contributed by atoms with Gasteiger partial charge in [-0.15, -0.1) is 0 Å². The summed E-state index contributed by atoms with van der Waals surface area (Å²) in [7, 11) is 0. The molecule has 4 rings (SSSR count). The number of nitrogens with one attached hydrogen (secondary N) is 1. The van der Waals surface area contributed by atoms with Gasteiger partial charge in [0.05, 0.1) is 13.2 Å². The zero-order chi connectivity index (χ0) is 32.9. The van der Waals surface area contributed by atoms with Crippen LogP contribution >= 0.6 is 0 Å². The van der Waals surface area contributed by atoms with Crippen LogP contribution in [-0.4, -0.2) is 81.3 Å². The first kappa shape index (κ1) is 34.8. The highest BCUT2D eigenvalue weighted by atomic mass is 16.5. The van der Waals surface area contributed by atoms with Crippen LogP contribution in [0.2, 0.25) is 0 Å². The van der Waals surface area contributed by atoms with Crippen molar-refractivity contribution in [2.75, 3.05) is 32.8 Å². The van der Waals surface area contributed by atoms with Crippen LogP contribution in [0.4, 0.5) is 0 Å². The average Bonchev–Trinajstić information content (AvgIpc) is 3.46. The normalized spacial score (nSPS) is 14.2. The number of aromatic nitrogens is 3. The maximum atomic E-state index is 13.7. The van der Waals surface area contributed by atoms with Crippen LogP contribution in [0, 0.1) is 0 Å². The minimum Gasteiger partial charge on any atom is -0.465 e. The van der Waals surface area contributed by atoms with Crippen LogP contribution in [-0.2, 0) is 33.7 Å². The zero-order valence-corrected chi connectivity index (χ0v) is 27.5. The van der Waals surface area contributed by atoms with E-state index in [9.17, 15) is 14.4 Å². The number of unbranched alkanes of at least 4 members (excludes halogenated alkanes) is 2. The number of carbonyl (C=O) groups excluding carboxylic acids is 3. The molecule has 1 fully saturated rings. The van der Waals surface area contributed by atoms with Crippen molar-refractivity contribution in [3.05, 3.63) is 71.3 Å². The van der Waals surface area contributed by atoms with Gasteiger partial charge in [0.15, 0.2) is 5.82 Å². The molecule has 11 heteroatoms. The minimum atomic E-state index is -0.822. The number of esters is 1. The second-order valence-electron chi connectivity index (χ2n) is 11.8. The number of benzene rings is 2. The van der Waals surface area contributed by atoms with E-state index in [2.05, 4.69) is 43.5 Å². The zero-order valence-electron chi connectivity index (χ0n) is 27.5. The molecular formula is C35H49N7O4. The molecule has 0 radical (unpaired) electrons. The van der Waals surface area contributed by atoms with E-state index in [1.807, 2.05) is 38.9 Å². The number of nitrogens with two attached hydrogens (primary N) is 1. The van der Waals surface area contributed by atoms with E-state index in [0.717, 1.165) is 66.9 Å². The first-order chi connectivity index (χ1) is 22.3. The number of aryl methyl sites for hydroxylation is 2. The molecule has 1 unspecified atom stereocenters. The van der Waals surface area contributed by atoms with E-state index in [-0.39, 0.29) is 31.3 Å². The third kappa shape index (κ3) is 9.70. The minimum absolute atomic E-state index is 0.0335. The Morgan fingerprint density at radius 3 is 2.33 bits per heavy atom. The standard InChI is InChI=1S/C35H49N7O4/c1-4-7-13-31-37-32(14-8-5-2)42(38-31)25-26-15-17-27(18-16-26)28-11-9-10-12-29(28)34(44)40-21-23-41(24-22-40)39-33(43)20-19-30(36)35(45)46-6-3/h9-12,15-18,30H,4-8,13-14,19-25,36H2,1-3H3,(H,39,43). The number of hydrogen-bond acceptors (Lipinski definition) is 8. The van der Waals surface area contributed by atoms with Crippen LogP contribution in [0.25, 0.3) is 11.1 Å². The van der Waals surface area contributed by atoms with Gasteiger partial charge in [0.1, 0.15) is 11.9 Å². The Labute approximate surface area is 272 Å². The fraction of sp³-hybridized carbons (Fsp3) is 0.514. The molecule has 3 N–H and O–H groups in total. The van der Waals surface area contributed by atoms with Crippen molar-refractivity contribution in [3.63, 3.8) is 0 Å². The van der Waals surface area contributed by atoms with E-state index < -0.39 is 12.0 Å². The van der Waals surface area contributed by atoms with Gasteiger partial charge in [0.25, 0.3) is 5.91 Å². The SMILES string of the molecule is CCCCc1nc(CCCC)n(Cc2ccc(-c3ccccc3C(=O)N3CCN(NC(=O)CCC(N)C(=O)OCC)CC3)cc2)n1. The predicted molar refractivity (Wildman–Crippen MR) is 178 cm³/mol. The number of piperazine rings is 1. The Kier molecular flexibility index (Phi) is 13.3. The molecule has 1 aliphatic rings. The summed E-state index contributed by atoms with van der Waals surface area (Å²) in [6, 6.07) is 15.2. The lowest BCUT2D eigenvalue weighted by Gasteiger charge is -2.35. The largest absolute Gasteiger partial charge is 0.465 e. The van der Waals surface area contributed by atoms with Crippen LogP contribution in [0.5, 0.6) is 0 Å². The quantitative estimate of drug-likeness (QED) is 0.225. The molecule has 3 aromatic rings. The van der Waals surface area contributed by atoms with Crippen molar-refractivity contribution < 1.29 is 19.1 Å². The Morgan fingerprint density at radius 2 is 1.63 bits per heavy atom. The number of rotatable bonds is 16. The molecule has 0 spiro atoms. The highest BCUT2D eigenvalue weighted by Gasteiger charge is 2.25. The third-order valence-corrected chi connectivity index (χ3v) is 8.18. The van der Waals surface area contributed by atoms with Crippen molar-refractivity contribution in [3.8, 4) is 11.1 Å². The molecule has 2 heterocycles. The Morgan fingerprint density at radius 1 is 0.935 bits per heavy atom. The van der Waals surface area contributed by atoms with Crippen molar-refractivity contribution in [2.45, 2.75) is 84.7 Å². The van der Waals surface area contributed by atoms with E-state index in [1.54, 1.807) is 6.92 Å². The van der Waals surface area contributed by atoms with Gasteiger partial charge in [-0.1, -0.05) is 69.2 Å². The van der Waals surface area contributed by atoms with Gasteiger partial charge in [-0.2, -0.15) is 5.10 Å². The molecule has 1 atom stereocenters. The number of hydrazine groups is 1. The van der Waals surface area contributed by atoms with Gasteiger partial charge in [-0.05, 0) is 48.9 Å². The molecule has 11 nitrogen and oxygen atoms in total. The Hall–Kier alpha value is -4.09. The fourth-order valence-corrected chi connectivity index (χ4v) is 5.48. The van der Waals surface area contributed by atoms with Gasteiger partial charge in [-0.3, -0.25) is 19.8 Å². The first-order valence-electron chi connectivity index (χ1n) is 16.7. The van der Waals surface area contributed by atoms with Crippen molar-refractivity contribution in [1.82, 2.24) is 30.1 Å². The highest BCUT2D eigenvalue weighted by molar-refractivity contribution is 6.01. The van der Waals surface area contributed by atoms with Crippen LogP contribution < -0.4 is 11.2 Å². The summed E-state index contributed by atoms with van der Waals surface area (Å²) >= 11 is 0. The number of hydrogen-bond donors (Lipinski definition) is 2. The van der Waals surface area contributed by atoms with Gasteiger partial charge >= 0.3 is 5.97 Å². The fourth-order valence-electron chi connectivity index (χ4n) is 5.48. The summed E-state index contributed by atoms with van der Waals surface area (Å²) in [4.78, 5) is 44.4. The summed E-state index contributed by atoms with van der Waals surface area (Å²) in [5.41, 5.74) is 12.3. The molecule has 2 aromatic carbocycles. The Balaban J connectivity index is 1.35. The van der Waals surface area contributed by atoms with E-state index in [0.29, 0.717) is 38.3 Å². The lowest BCUT2D eigenvalue weighted by molar-refractivity contribution is -0.144. The number of amides is 2. The summed E-state index contributed by atoms with van der Waals surface area (Å²) in [6.45, 7) is 8.97. The third-order valence-electron chi connectivity index (χ3n) is 8.18. The summed E-state index contributed by atoms with van der Waals surface area (Å²) < 4.78 is 6.95. The van der Waals surface area contributed by atoms with E-state index >= 15 is 0 Å². The van der Waals surface area contributed by atoms with Gasteiger partial charge in [0.2, 0.25) is 5.91 Å². The molecule has 1 aliphatic heterocycles. The van der Waals surface area contributed by atoms with Gasteiger partial charge < -0.3 is 15.4 Å². The summed E-state index contributed by atoms with van der Waals surface area (Å²) in [6.07, 6.45) is 6.57. The van der Waals surface area contributed by atoms with Crippen LogP contribution in [0.15, 0.2) is 48.5 Å². The number of carbonyl (C=O) groups is 3. The number of ether oxygens (including phenoxy) is 1. The molecule has 0 saturated carbocycles. The van der Waals surface area contributed by atoms with Crippen molar-refractivity contribution in [2.24, 2.45) is 5.73 Å². The van der Waals surface area contributed by atoms with Crippen molar-refractivity contribution >= 4 is 17.8 Å². The van der Waals surface area contributed by atoms with Crippen LogP contribution in [0.1, 0.15) is 86.9 Å². The van der Waals surface area contributed by atoms with Gasteiger partial charge in [-0.25, -0.2) is 14.7 Å². The number of nitrogens with zero attached hydrogens (tertiary/aromatic N) is 5. The maximum absolute atomic E-state index is 13.7. The predicted octanol–water partition coefficient (Wildman–Crippen LogP) is 4.14. The molecule has 0 bridgehead atoms. The molecular weight excluding hydrogens is 582 g/mol. The van der Waals surface area contributed by atoms with Crippen LogP contribution in [0.3, 0.4) is 0 Å². The molecule has 46 heavy (non-hydrogen) atoms. The molecule has 2 amide bonds. The first-order valence-corrected chi connectivity index (χ1v) is 16.7. The molecule has 0 aliphatic carbocycles. The maximum Gasteiger partial charge on any atom is 0.322 e. The van der Waals surface area contributed by atoms with Crippen molar-refractivity contribution in [1.29, 1.82) is 0 Å². The monoisotopic (exact) mass is 631 g/mol.